The van der Waals surface area contributed by atoms with E-state index in [4.69, 9.17) is 4.74 Å². The van der Waals surface area contributed by atoms with Crippen LogP contribution in [-0.4, -0.2) is 12.1 Å². The maximum Gasteiger partial charge on any atom is 0.251 e. The Morgan fingerprint density at radius 1 is 0.897 bits per heavy atom. The Morgan fingerprint density at radius 2 is 1.72 bits per heavy atom. The van der Waals surface area contributed by atoms with Gasteiger partial charge in [0.1, 0.15) is 5.75 Å². The summed E-state index contributed by atoms with van der Waals surface area (Å²) in [4.78, 5) is 15.4. The Bertz CT molecular complexity index is 1260. The number of H-pyrrole nitrogens is 1. The number of pyridine rings is 1. The molecular weight excluding hydrogens is 358 g/mol. The molecule has 1 N–H and O–H groups in total. The second-order valence-electron chi connectivity index (χ2n) is 6.92. The average Bonchev–Trinajstić information content (AvgIpc) is 2.75. The molecule has 0 saturated carbocycles. The van der Waals surface area contributed by atoms with E-state index in [-0.39, 0.29) is 5.56 Å². The van der Waals surface area contributed by atoms with Crippen LogP contribution in [0, 0.1) is 11.8 Å². The quantitative estimate of drug-likeness (QED) is 0.521. The summed E-state index contributed by atoms with van der Waals surface area (Å²) in [6.45, 7) is 0. The van der Waals surface area contributed by atoms with Gasteiger partial charge in [0, 0.05) is 29.5 Å². The number of methoxy groups -OCH3 is 1. The molecule has 0 aliphatic carbocycles. The molecule has 0 unspecified atom stereocenters. The van der Waals surface area contributed by atoms with Crippen molar-refractivity contribution in [2.75, 3.05) is 7.11 Å². The van der Waals surface area contributed by atoms with Gasteiger partial charge in [-0.3, -0.25) is 4.79 Å². The van der Waals surface area contributed by atoms with E-state index in [2.05, 4.69) is 16.8 Å². The highest BCUT2D eigenvalue weighted by Crippen LogP contribution is 2.16. The lowest BCUT2D eigenvalue weighted by Crippen LogP contribution is -2.12. The van der Waals surface area contributed by atoms with Crippen LogP contribution in [-0.2, 0) is 12.8 Å². The minimum absolute atomic E-state index is 0.0433. The van der Waals surface area contributed by atoms with Crippen LogP contribution in [0.4, 0.5) is 0 Å². The molecule has 4 aromatic rings. The van der Waals surface area contributed by atoms with E-state index < -0.39 is 0 Å². The summed E-state index contributed by atoms with van der Waals surface area (Å²) in [5, 5.41) is 0.990. The normalized spacial score (nSPS) is 10.4. The van der Waals surface area contributed by atoms with Crippen LogP contribution in [0.2, 0.25) is 0 Å². The first-order valence-electron chi connectivity index (χ1n) is 9.53. The minimum atomic E-state index is -0.0433. The molecule has 0 aliphatic rings. The van der Waals surface area contributed by atoms with Crippen LogP contribution in [0.15, 0.2) is 83.7 Å². The van der Waals surface area contributed by atoms with E-state index in [9.17, 15) is 4.79 Å². The summed E-state index contributed by atoms with van der Waals surface area (Å²) in [6, 6.07) is 25.8. The highest BCUT2D eigenvalue weighted by Gasteiger charge is 2.05. The number of ether oxygens (including phenoxy) is 1. The number of hydrogen-bond acceptors (Lipinski definition) is 2. The Kier molecular flexibility index (Phi) is 5.45. The molecule has 0 spiro atoms. The van der Waals surface area contributed by atoms with E-state index in [1.54, 1.807) is 7.11 Å². The number of nitrogens with one attached hydrogen (secondary N) is 1. The van der Waals surface area contributed by atoms with Gasteiger partial charge in [-0.15, -0.1) is 0 Å². The first-order chi connectivity index (χ1) is 14.2. The maximum absolute atomic E-state index is 12.4. The van der Waals surface area contributed by atoms with Gasteiger partial charge >= 0.3 is 0 Å². The molecule has 29 heavy (non-hydrogen) atoms. The van der Waals surface area contributed by atoms with Crippen molar-refractivity contribution in [3.63, 3.8) is 0 Å². The van der Waals surface area contributed by atoms with Crippen LogP contribution in [0.3, 0.4) is 0 Å². The summed E-state index contributed by atoms with van der Waals surface area (Å²) >= 11 is 0. The molecule has 0 amide bonds. The largest absolute Gasteiger partial charge is 0.497 e. The number of aromatic amines is 1. The van der Waals surface area contributed by atoms with Gasteiger partial charge in [-0.25, -0.2) is 0 Å². The summed E-state index contributed by atoms with van der Waals surface area (Å²) in [6.07, 6.45) is 1.26. The summed E-state index contributed by atoms with van der Waals surface area (Å²) in [5.41, 5.74) is 4.70. The third kappa shape index (κ3) is 4.56. The highest BCUT2D eigenvalue weighted by molar-refractivity contribution is 5.80. The van der Waals surface area contributed by atoms with E-state index in [0.29, 0.717) is 12.8 Å². The lowest BCUT2D eigenvalue weighted by molar-refractivity contribution is 0.414. The van der Waals surface area contributed by atoms with Crippen molar-refractivity contribution in [3.05, 3.63) is 111 Å². The molecule has 1 heterocycles. The molecule has 0 saturated heterocycles. The van der Waals surface area contributed by atoms with Gasteiger partial charge in [-0.05, 0) is 52.9 Å². The zero-order valence-electron chi connectivity index (χ0n) is 16.2. The standard InChI is InChI=1S/C26H21NO2/c1-29-24-12-6-11-20(17-24)9-5-10-21-13-14-25-22(15-21)18-23(26(28)27-25)16-19-7-3-2-4-8-19/h2-4,6-8,11-15,17-18H,9,16H2,1H3,(H,27,28). The van der Waals surface area contributed by atoms with Crippen molar-refractivity contribution in [2.24, 2.45) is 0 Å². The summed E-state index contributed by atoms with van der Waals surface area (Å²) in [7, 11) is 1.66. The van der Waals surface area contributed by atoms with Gasteiger partial charge in [-0.1, -0.05) is 54.3 Å². The molecule has 142 valence electrons. The zero-order chi connectivity index (χ0) is 20.1. The third-order valence-electron chi connectivity index (χ3n) is 4.82. The minimum Gasteiger partial charge on any atom is -0.497 e. The SMILES string of the molecule is COc1cccc(CC#Cc2ccc3[nH]c(=O)c(Cc4ccccc4)cc3c2)c1. The van der Waals surface area contributed by atoms with E-state index in [0.717, 1.165) is 38.9 Å². The van der Waals surface area contributed by atoms with E-state index in [1.807, 2.05) is 78.9 Å². The second kappa shape index (κ2) is 8.50. The topological polar surface area (TPSA) is 42.1 Å². The average molecular weight is 379 g/mol. The van der Waals surface area contributed by atoms with Crippen LogP contribution in [0.25, 0.3) is 10.9 Å². The molecule has 0 fully saturated rings. The number of fused-ring (bicyclic) bond motifs is 1. The van der Waals surface area contributed by atoms with Gasteiger partial charge < -0.3 is 9.72 Å². The van der Waals surface area contributed by atoms with Crippen LogP contribution < -0.4 is 10.3 Å². The van der Waals surface area contributed by atoms with Gasteiger partial charge in [0.05, 0.1) is 7.11 Å². The van der Waals surface area contributed by atoms with Gasteiger partial charge in [0.15, 0.2) is 0 Å². The molecule has 4 rings (SSSR count). The van der Waals surface area contributed by atoms with Gasteiger partial charge in [-0.2, -0.15) is 0 Å². The van der Waals surface area contributed by atoms with Gasteiger partial charge in [0.25, 0.3) is 5.56 Å². The molecule has 0 atom stereocenters. The van der Waals surface area contributed by atoms with Crippen LogP contribution in [0.5, 0.6) is 5.75 Å². The Balaban J connectivity index is 1.58. The molecule has 0 aliphatic heterocycles. The predicted molar refractivity (Wildman–Crippen MR) is 117 cm³/mol. The van der Waals surface area contributed by atoms with Crippen molar-refractivity contribution >= 4 is 10.9 Å². The van der Waals surface area contributed by atoms with Crippen molar-refractivity contribution < 1.29 is 4.74 Å². The van der Waals surface area contributed by atoms with Crippen molar-refractivity contribution in [1.82, 2.24) is 4.98 Å². The fourth-order valence-electron chi connectivity index (χ4n) is 3.31. The number of rotatable bonds is 4. The zero-order valence-corrected chi connectivity index (χ0v) is 16.2. The number of aromatic nitrogens is 1. The maximum atomic E-state index is 12.4. The molecule has 3 nitrogen and oxygen atoms in total. The highest BCUT2D eigenvalue weighted by atomic mass is 16.5. The molecule has 3 heteroatoms. The van der Waals surface area contributed by atoms with Crippen LogP contribution >= 0.6 is 0 Å². The van der Waals surface area contributed by atoms with Crippen LogP contribution in [0.1, 0.15) is 22.3 Å². The van der Waals surface area contributed by atoms with Crippen molar-refractivity contribution in [1.29, 1.82) is 0 Å². The summed E-state index contributed by atoms with van der Waals surface area (Å²) in [5.74, 6) is 7.28. The first kappa shape index (κ1) is 18.6. The van der Waals surface area contributed by atoms with Gasteiger partial charge in [0.2, 0.25) is 0 Å². The predicted octanol–water partition coefficient (Wildman–Crippen LogP) is 4.72. The molecule has 3 aromatic carbocycles. The smallest absolute Gasteiger partial charge is 0.251 e. The molecule has 0 bridgehead atoms. The second-order valence-corrected chi connectivity index (χ2v) is 6.92. The number of benzene rings is 3. The van der Waals surface area contributed by atoms with E-state index in [1.165, 1.54) is 0 Å². The third-order valence-corrected chi connectivity index (χ3v) is 4.82. The number of hydrogen-bond donors (Lipinski definition) is 1. The fraction of sp³-hybridized carbons (Fsp3) is 0.115. The first-order valence-corrected chi connectivity index (χ1v) is 9.53. The lowest BCUT2D eigenvalue weighted by Gasteiger charge is -2.04. The van der Waals surface area contributed by atoms with Crippen molar-refractivity contribution in [2.45, 2.75) is 12.8 Å². The molecule has 1 aromatic heterocycles. The lowest BCUT2D eigenvalue weighted by atomic mass is 10.0. The Morgan fingerprint density at radius 3 is 2.55 bits per heavy atom. The Hall–Kier alpha value is -3.77. The summed E-state index contributed by atoms with van der Waals surface area (Å²) < 4.78 is 5.25. The molecule has 0 radical (unpaired) electrons. The van der Waals surface area contributed by atoms with E-state index >= 15 is 0 Å². The van der Waals surface area contributed by atoms with Crippen molar-refractivity contribution in [3.8, 4) is 17.6 Å². The monoisotopic (exact) mass is 379 g/mol. The molecular formula is C26H21NO2. The Labute approximate surface area is 170 Å². The fourth-order valence-corrected chi connectivity index (χ4v) is 3.31.